The van der Waals surface area contributed by atoms with E-state index in [2.05, 4.69) is 4.57 Å². The molecule has 0 bridgehead atoms. The molecule has 3 aromatic rings. The molecule has 0 unspecified atom stereocenters. The molecule has 1 saturated carbocycles. The predicted octanol–water partition coefficient (Wildman–Crippen LogP) is 3.06. The van der Waals surface area contributed by atoms with E-state index in [1.807, 2.05) is 42.6 Å². The van der Waals surface area contributed by atoms with Crippen LogP contribution in [-0.4, -0.2) is 53.9 Å². The Morgan fingerprint density at radius 2 is 1.71 bits per heavy atom. The minimum Gasteiger partial charge on any atom is -0.546 e. The summed E-state index contributed by atoms with van der Waals surface area (Å²) >= 11 is 0. The van der Waals surface area contributed by atoms with E-state index in [9.17, 15) is 18.3 Å². The van der Waals surface area contributed by atoms with Gasteiger partial charge in [-0.25, -0.2) is 0 Å². The number of carbonyl (C=O) groups excluding carboxylic acids is 1. The van der Waals surface area contributed by atoms with Gasteiger partial charge in [0.05, 0.1) is 12.2 Å². The number of fused-ring (bicyclic) bond motifs is 1. The van der Waals surface area contributed by atoms with Crippen LogP contribution in [0.1, 0.15) is 44.1 Å². The normalized spacial score (nSPS) is 15.4. The molecule has 7 nitrogen and oxygen atoms in total. The molecular formula is C25H28MgNO6S+. The Bertz CT molecular complexity index is 1230. The first kappa shape index (κ1) is 26.4. The first-order valence-electron chi connectivity index (χ1n) is 11.2. The molecule has 4 rings (SSSR count). The maximum absolute atomic E-state index is 11.7. The number of nitrogens with zero attached hydrogens (tertiary/aromatic N) is 1. The van der Waals surface area contributed by atoms with Crippen LogP contribution in [0.25, 0.3) is 10.9 Å². The zero-order valence-electron chi connectivity index (χ0n) is 19.4. The summed E-state index contributed by atoms with van der Waals surface area (Å²) < 4.78 is 35.6. The van der Waals surface area contributed by atoms with E-state index in [-0.39, 0.29) is 23.1 Å². The van der Waals surface area contributed by atoms with Crippen LogP contribution < -0.4 is 14.0 Å². The molecule has 0 aliphatic heterocycles. The first-order chi connectivity index (χ1) is 15.7. The molecule has 0 amide bonds. The molecule has 1 aromatic heterocycles. The summed E-state index contributed by atoms with van der Waals surface area (Å²) in [5.74, 6) is -0.257. The molecule has 0 saturated heterocycles. The van der Waals surface area contributed by atoms with Gasteiger partial charge in [-0.05, 0) is 80.5 Å². The van der Waals surface area contributed by atoms with E-state index >= 15 is 0 Å². The summed E-state index contributed by atoms with van der Waals surface area (Å²) in [4.78, 5) is 11.7. The molecule has 34 heavy (non-hydrogen) atoms. The maximum Gasteiger partial charge on any atom is 2.00 e. The van der Waals surface area contributed by atoms with Gasteiger partial charge >= 0.3 is 33.2 Å². The Morgan fingerprint density at radius 1 is 1.03 bits per heavy atom. The van der Waals surface area contributed by atoms with Gasteiger partial charge in [-0.2, -0.15) is 8.42 Å². The first-order valence-corrected chi connectivity index (χ1v) is 13.0. The van der Waals surface area contributed by atoms with Gasteiger partial charge in [-0.3, -0.25) is 0 Å². The van der Waals surface area contributed by atoms with E-state index in [4.69, 9.17) is 8.92 Å². The third kappa shape index (κ3) is 6.46. The molecule has 0 N–H and O–H groups in total. The fraction of sp³-hybridized carbons (Fsp3) is 0.400. The number of carboxylic acid groups (broad SMARTS) is 1. The van der Waals surface area contributed by atoms with Crippen LogP contribution in [0.15, 0.2) is 54.7 Å². The number of carboxylic acids is 1. The van der Waals surface area contributed by atoms with Gasteiger partial charge in [-0.15, -0.1) is 0 Å². The fourth-order valence-corrected chi connectivity index (χ4v) is 4.93. The third-order valence-corrected chi connectivity index (χ3v) is 6.62. The van der Waals surface area contributed by atoms with Crippen molar-refractivity contribution in [1.82, 2.24) is 4.57 Å². The van der Waals surface area contributed by atoms with Crippen molar-refractivity contribution < 1.29 is 27.2 Å². The van der Waals surface area contributed by atoms with Crippen LogP contribution in [0.3, 0.4) is 0 Å². The van der Waals surface area contributed by atoms with Crippen LogP contribution in [-0.2, 0) is 27.9 Å². The Labute approximate surface area is 216 Å². The summed E-state index contributed by atoms with van der Waals surface area (Å²) in [6.07, 6.45) is 8.47. The number of ether oxygens (including phenoxy) is 1. The minimum absolute atomic E-state index is 0. The SMILES string of the molecule is CS(=O)(=O)Oc1ccc2c(ccn2CCCc2ccc(OC3(C(=O)[O-])CCCCC3)cc2)c1.[Mg+2]. The fourth-order valence-electron chi connectivity index (χ4n) is 4.47. The monoisotopic (exact) mass is 494 g/mol. The molecule has 0 spiro atoms. The zero-order valence-corrected chi connectivity index (χ0v) is 21.6. The molecule has 1 fully saturated rings. The molecule has 9 heteroatoms. The van der Waals surface area contributed by atoms with E-state index in [0.29, 0.717) is 24.3 Å². The number of hydrogen-bond acceptors (Lipinski definition) is 6. The smallest absolute Gasteiger partial charge is 0.546 e. The van der Waals surface area contributed by atoms with Crippen molar-refractivity contribution in [3.8, 4) is 11.5 Å². The van der Waals surface area contributed by atoms with Crippen LogP contribution in [0.2, 0.25) is 0 Å². The molecular weight excluding hydrogens is 467 g/mol. The Hall–Kier alpha value is -2.23. The third-order valence-electron chi connectivity index (χ3n) is 6.12. The van der Waals surface area contributed by atoms with Crippen molar-refractivity contribution in [2.24, 2.45) is 0 Å². The Morgan fingerprint density at radius 3 is 2.35 bits per heavy atom. The largest absolute Gasteiger partial charge is 2.00 e. The number of carbonyl (C=O) groups is 1. The average Bonchev–Trinajstić information content (AvgIpc) is 3.16. The predicted molar refractivity (Wildman–Crippen MR) is 129 cm³/mol. The number of hydrogen-bond donors (Lipinski definition) is 0. The zero-order chi connectivity index (χ0) is 23.5. The summed E-state index contributed by atoms with van der Waals surface area (Å²) in [5.41, 5.74) is 0.954. The Kier molecular flexibility index (Phi) is 8.54. The second-order valence-electron chi connectivity index (χ2n) is 8.71. The van der Waals surface area contributed by atoms with Crippen molar-refractivity contribution in [2.45, 2.75) is 57.1 Å². The van der Waals surface area contributed by atoms with Gasteiger partial charge < -0.3 is 23.4 Å². The van der Waals surface area contributed by atoms with Crippen molar-refractivity contribution in [3.05, 3.63) is 60.3 Å². The van der Waals surface area contributed by atoms with Crippen molar-refractivity contribution >= 4 is 50.0 Å². The summed E-state index contributed by atoms with van der Waals surface area (Å²) in [7, 11) is -3.55. The number of aromatic nitrogens is 1. The van der Waals surface area contributed by atoms with Gasteiger partial charge in [0.25, 0.3) is 0 Å². The van der Waals surface area contributed by atoms with Gasteiger partial charge in [0.2, 0.25) is 0 Å². The quantitative estimate of drug-likeness (QED) is 0.335. The topological polar surface area (TPSA) is 97.7 Å². The minimum atomic E-state index is -3.55. The molecule has 0 atom stereocenters. The van der Waals surface area contributed by atoms with Gasteiger partial charge in [-0.1, -0.05) is 18.6 Å². The van der Waals surface area contributed by atoms with Crippen molar-refractivity contribution in [2.75, 3.05) is 6.26 Å². The van der Waals surface area contributed by atoms with Crippen molar-refractivity contribution in [1.29, 1.82) is 0 Å². The second-order valence-corrected chi connectivity index (χ2v) is 10.3. The average molecular weight is 495 g/mol. The summed E-state index contributed by atoms with van der Waals surface area (Å²) in [5, 5.41) is 12.6. The van der Waals surface area contributed by atoms with Gasteiger partial charge in [0.1, 0.15) is 17.1 Å². The van der Waals surface area contributed by atoms with Crippen LogP contribution in [0.4, 0.5) is 0 Å². The number of aryl methyl sites for hydroxylation is 2. The van der Waals surface area contributed by atoms with Gasteiger partial charge in [0.15, 0.2) is 0 Å². The standard InChI is InChI=1S/C25H29NO6S.Mg/c1-33(29,30)32-22-11-12-23-20(18-22)13-17-26(23)16-5-6-19-7-9-21(10-8-19)31-25(24(27)28)14-3-2-4-15-25;/h7-13,17-18H,2-6,14-16H2,1H3,(H,27,28);/q;+2/p-1. The second kappa shape index (κ2) is 11.0. The molecule has 1 aliphatic carbocycles. The maximum atomic E-state index is 11.7. The summed E-state index contributed by atoms with van der Waals surface area (Å²) in [6.45, 7) is 0.807. The van der Waals surface area contributed by atoms with Crippen molar-refractivity contribution in [3.63, 3.8) is 0 Å². The van der Waals surface area contributed by atoms with Crippen LogP contribution in [0, 0.1) is 0 Å². The van der Waals surface area contributed by atoms with Crippen LogP contribution in [0.5, 0.6) is 11.5 Å². The molecule has 1 aliphatic rings. The van der Waals surface area contributed by atoms with Crippen LogP contribution >= 0.6 is 0 Å². The number of aliphatic carboxylic acids is 1. The van der Waals surface area contributed by atoms with E-state index in [0.717, 1.165) is 61.4 Å². The molecule has 2 aromatic carbocycles. The summed E-state index contributed by atoms with van der Waals surface area (Å²) in [6, 6.07) is 14.8. The molecule has 1 heterocycles. The van der Waals surface area contributed by atoms with E-state index in [1.165, 1.54) is 0 Å². The van der Waals surface area contributed by atoms with Gasteiger partial charge in [0, 0.05) is 23.6 Å². The number of rotatable bonds is 9. The molecule has 0 radical (unpaired) electrons. The van der Waals surface area contributed by atoms with E-state index in [1.54, 1.807) is 12.1 Å². The molecule has 176 valence electrons. The van der Waals surface area contributed by atoms with E-state index < -0.39 is 21.7 Å². The number of benzene rings is 2. The Balaban J connectivity index is 0.00000324.